The molecule has 1 atom stereocenters. The number of rotatable bonds is 5. The van der Waals surface area contributed by atoms with E-state index >= 15 is 0 Å². The van der Waals surface area contributed by atoms with Gasteiger partial charge in [-0.1, -0.05) is 6.92 Å². The monoisotopic (exact) mass is 239 g/mol. The van der Waals surface area contributed by atoms with Crippen molar-refractivity contribution in [2.75, 3.05) is 39.8 Å². The van der Waals surface area contributed by atoms with Gasteiger partial charge in [0.2, 0.25) is 0 Å². The molecule has 0 radical (unpaired) electrons. The Hall–Kier alpha value is -0.120. The first-order chi connectivity index (χ1) is 8.20. The van der Waals surface area contributed by atoms with E-state index in [1.54, 1.807) is 0 Å². The summed E-state index contributed by atoms with van der Waals surface area (Å²) in [6.07, 6.45) is 6.71. The van der Waals surface area contributed by atoms with E-state index in [1.165, 1.54) is 58.3 Å². The van der Waals surface area contributed by atoms with E-state index in [4.69, 9.17) is 5.73 Å². The number of likely N-dealkylation sites (N-methyl/N-ethyl adjacent to an activating group) is 1. The summed E-state index contributed by atoms with van der Waals surface area (Å²) in [5.41, 5.74) is 6.42. The van der Waals surface area contributed by atoms with Gasteiger partial charge in [-0.3, -0.25) is 4.90 Å². The van der Waals surface area contributed by atoms with Crippen LogP contribution in [0.1, 0.15) is 39.0 Å². The maximum absolute atomic E-state index is 6.13. The Bertz CT molecular complexity index is 240. The maximum Gasteiger partial charge on any atom is 0.0341 e. The Morgan fingerprint density at radius 2 is 2.06 bits per heavy atom. The van der Waals surface area contributed by atoms with Gasteiger partial charge in [0.1, 0.15) is 0 Å². The van der Waals surface area contributed by atoms with Gasteiger partial charge in [-0.15, -0.1) is 0 Å². The van der Waals surface area contributed by atoms with Gasteiger partial charge in [-0.05, 0) is 64.7 Å². The average Bonchev–Trinajstić information content (AvgIpc) is 3.14. The van der Waals surface area contributed by atoms with Gasteiger partial charge in [-0.2, -0.15) is 0 Å². The van der Waals surface area contributed by atoms with Crippen molar-refractivity contribution in [2.24, 2.45) is 11.7 Å². The zero-order chi connectivity index (χ0) is 12.3. The van der Waals surface area contributed by atoms with Gasteiger partial charge in [0.05, 0.1) is 0 Å². The molecule has 17 heavy (non-hydrogen) atoms. The summed E-state index contributed by atoms with van der Waals surface area (Å²) in [5, 5.41) is 0. The molecule has 1 aliphatic heterocycles. The predicted molar refractivity (Wildman–Crippen MR) is 73.1 cm³/mol. The molecule has 1 saturated heterocycles. The van der Waals surface area contributed by atoms with Gasteiger partial charge in [0.25, 0.3) is 0 Å². The van der Waals surface area contributed by atoms with Crippen molar-refractivity contribution < 1.29 is 0 Å². The minimum atomic E-state index is 0.284. The number of hydrogen-bond acceptors (Lipinski definition) is 3. The maximum atomic E-state index is 6.13. The van der Waals surface area contributed by atoms with Gasteiger partial charge < -0.3 is 10.6 Å². The molecule has 0 amide bonds. The van der Waals surface area contributed by atoms with Crippen LogP contribution in [-0.4, -0.2) is 55.1 Å². The molecule has 1 heterocycles. The summed E-state index contributed by atoms with van der Waals surface area (Å²) < 4.78 is 0. The average molecular weight is 239 g/mol. The van der Waals surface area contributed by atoms with Crippen LogP contribution in [0, 0.1) is 5.92 Å². The highest BCUT2D eigenvalue weighted by molar-refractivity contribution is 4.95. The minimum Gasteiger partial charge on any atom is -0.329 e. The summed E-state index contributed by atoms with van der Waals surface area (Å²) in [5.74, 6) is 0.967. The lowest BCUT2D eigenvalue weighted by atomic mass is 9.88. The van der Waals surface area contributed by atoms with Crippen LogP contribution in [0.5, 0.6) is 0 Å². The fourth-order valence-electron chi connectivity index (χ4n) is 3.17. The summed E-state index contributed by atoms with van der Waals surface area (Å²) >= 11 is 0. The molecule has 100 valence electrons. The number of likely N-dealkylation sites (tertiary alicyclic amines) is 1. The number of nitrogens with two attached hydrogens (primary N) is 1. The van der Waals surface area contributed by atoms with Crippen LogP contribution in [0.25, 0.3) is 0 Å². The minimum absolute atomic E-state index is 0.284. The number of nitrogens with zero attached hydrogens (tertiary/aromatic N) is 2. The molecule has 0 bridgehead atoms. The fourth-order valence-corrected chi connectivity index (χ4v) is 3.17. The molecular weight excluding hydrogens is 210 g/mol. The molecule has 0 aromatic rings. The van der Waals surface area contributed by atoms with Crippen molar-refractivity contribution in [1.29, 1.82) is 0 Å². The van der Waals surface area contributed by atoms with E-state index < -0.39 is 0 Å². The second kappa shape index (κ2) is 5.68. The molecule has 3 nitrogen and oxygen atoms in total. The van der Waals surface area contributed by atoms with Crippen molar-refractivity contribution in [3.05, 3.63) is 0 Å². The molecule has 3 heteroatoms. The van der Waals surface area contributed by atoms with E-state index in [0.717, 1.165) is 12.5 Å². The summed E-state index contributed by atoms with van der Waals surface area (Å²) in [4.78, 5) is 5.16. The lowest BCUT2D eigenvalue weighted by Gasteiger charge is -2.41. The van der Waals surface area contributed by atoms with Crippen LogP contribution in [-0.2, 0) is 0 Å². The topological polar surface area (TPSA) is 32.5 Å². The van der Waals surface area contributed by atoms with E-state index in [2.05, 4.69) is 23.8 Å². The molecule has 0 aromatic carbocycles. The number of hydrogen-bond donors (Lipinski definition) is 1. The SMILES string of the molecule is CCN1CCCC(CN)(N(C)CC2CC2)CC1. The highest BCUT2D eigenvalue weighted by Gasteiger charge is 2.37. The van der Waals surface area contributed by atoms with Gasteiger partial charge in [-0.25, -0.2) is 0 Å². The predicted octanol–water partition coefficient (Wildman–Crippen LogP) is 1.53. The first-order valence-electron chi connectivity index (χ1n) is 7.34. The smallest absolute Gasteiger partial charge is 0.0341 e. The zero-order valence-electron chi connectivity index (χ0n) is 11.6. The molecule has 2 N–H and O–H groups in total. The van der Waals surface area contributed by atoms with Crippen LogP contribution in [0.4, 0.5) is 0 Å². The van der Waals surface area contributed by atoms with Gasteiger partial charge >= 0.3 is 0 Å². The van der Waals surface area contributed by atoms with Crippen molar-refractivity contribution in [3.8, 4) is 0 Å². The fraction of sp³-hybridized carbons (Fsp3) is 1.00. The highest BCUT2D eigenvalue weighted by Crippen LogP contribution is 2.34. The summed E-state index contributed by atoms with van der Waals surface area (Å²) in [7, 11) is 2.30. The van der Waals surface area contributed by atoms with Crippen molar-refractivity contribution in [1.82, 2.24) is 9.80 Å². The lowest BCUT2D eigenvalue weighted by molar-refractivity contribution is 0.102. The van der Waals surface area contributed by atoms with E-state index in [9.17, 15) is 0 Å². The largest absolute Gasteiger partial charge is 0.329 e. The first kappa shape index (κ1) is 13.3. The normalized spacial score (nSPS) is 31.8. The van der Waals surface area contributed by atoms with Crippen LogP contribution >= 0.6 is 0 Å². The quantitative estimate of drug-likeness (QED) is 0.790. The van der Waals surface area contributed by atoms with Crippen molar-refractivity contribution in [2.45, 2.75) is 44.6 Å². The van der Waals surface area contributed by atoms with E-state index in [-0.39, 0.29) is 5.54 Å². The molecule has 2 rings (SSSR count). The van der Waals surface area contributed by atoms with Gasteiger partial charge in [0, 0.05) is 18.6 Å². The molecule has 0 aromatic heterocycles. The molecule has 2 fully saturated rings. The molecule has 2 aliphatic rings. The molecular formula is C14H29N3. The Morgan fingerprint density at radius 1 is 1.29 bits per heavy atom. The Kier molecular flexibility index (Phi) is 4.45. The van der Waals surface area contributed by atoms with Crippen molar-refractivity contribution >= 4 is 0 Å². The first-order valence-corrected chi connectivity index (χ1v) is 7.34. The van der Waals surface area contributed by atoms with Crippen LogP contribution in [0.15, 0.2) is 0 Å². The van der Waals surface area contributed by atoms with Gasteiger partial charge in [0.15, 0.2) is 0 Å². The Balaban J connectivity index is 1.96. The third kappa shape index (κ3) is 3.21. The second-order valence-electron chi connectivity index (χ2n) is 6.04. The lowest BCUT2D eigenvalue weighted by Crippen LogP contribution is -2.53. The second-order valence-corrected chi connectivity index (χ2v) is 6.04. The summed E-state index contributed by atoms with van der Waals surface area (Å²) in [6.45, 7) is 8.03. The van der Waals surface area contributed by atoms with Crippen LogP contribution in [0.3, 0.4) is 0 Å². The molecule has 0 spiro atoms. The standard InChI is InChI=1S/C14H29N3/c1-3-17-9-4-7-14(12-15,8-10-17)16(2)11-13-5-6-13/h13H,3-12,15H2,1-2H3. The Morgan fingerprint density at radius 3 is 2.65 bits per heavy atom. The van der Waals surface area contributed by atoms with Crippen LogP contribution < -0.4 is 5.73 Å². The third-order valence-corrected chi connectivity index (χ3v) is 4.88. The molecule has 1 unspecified atom stereocenters. The highest BCUT2D eigenvalue weighted by atomic mass is 15.2. The zero-order valence-corrected chi connectivity index (χ0v) is 11.6. The van der Waals surface area contributed by atoms with Crippen LogP contribution in [0.2, 0.25) is 0 Å². The molecule has 1 aliphatic carbocycles. The Labute approximate surface area is 106 Å². The summed E-state index contributed by atoms with van der Waals surface area (Å²) in [6, 6.07) is 0. The van der Waals surface area contributed by atoms with E-state index in [1.807, 2.05) is 0 Å². The third-order valence-electron chi connectivity index (χ3n) is 4.88. The van der Waals surface area contributed by atoms with Crippen molar-refractivity contribution in [3.63, 3.8) is 0 Å². The van der Waals surface area contributed by atoms with E-state index in [0.29, 0.717) is 0 Å². The molecule has 1 saturated carbocycles.